The highest BCUT2D eigenvalue weighted by Crippen LogP contribution is 2.16. The standard InChI is InChI=1S/C12H27B.C4H8O/c1-4-7-10-13(11-8-5-2)12-9-6-3;1-2-4-5-3-1/h4-12H2,1-3H3;1-4H2. The van der Waals surface area contributed by atoms with E-state index in [2.05, 4.69) is 20.8 Å². The van der Waals surface area contributed by atoms with Crippen molar-refractivity contribution in [3.8, 4) is 0 Å². The van der Waals surface area contributed by atoms with Crippen LogP contribution < -0.4 is 0 Å². The monoisotopic (exact) mass is 254 g/mol. The molecule has 2 heteroatoms. The zero-order valence-electron chi connectivity index (χ0n) is 13.2. The lowest BCUT2D eigenvalue weighted by atomic mass is 9.41. The van der Waals surface area contributed by atoms with E-state index in [9.17, 15) is 0 Å². The SMILES string of the molecule is C1CCOC1.CCCCB(CCCC)CCCC. The molecular weight excluding hydrogens is 219 g/mol. The van der Waals surface area contributed by atoms with E-state index in [0.717, 1.165) is 19.9 Å². The molecule has 0 aliphatic carbocycles. The first-order valence-electron chi connectivity index (χ1n) is 8.42. The van der Waals surface area contributed by atoms with E-state index in [-0.39, 0.29) is 0 Å². The quantitative estimate of drug-likeness (QED) is 0.481. The maximum absolute atomic E-state index is 4.94. The van der Waals surface area contributed by atoms with Crippen LogP contribution in [0.15, 0.2) is 0 Å². The lowest BCUT2D eigenvalue weighted by Crippen LogP contribution is -2.11. The van der Waals surface area contributed by atoms with Gasteiger partial charge in [0.2, 0.25) is 0 Å². The molecule has 1 rings (SSSR count). The molecule has 18 heavy (non-hydrogen) atoms. The minimum absolute atomic E-state index is 1.00. The summed E-state index contributed by atoms with van der Waals surface area (Å²) >= 11 is 0. The number of hydrogen-bond donors (Lipinski definition) is 0. The molecule has 0 saturated carbocycles. The van der Waals surface area contributed by atoms with E-state index in [1.165, 1.54) is 70.3 Å². The van der Waals surface area contributed by atoms with Crippen molar-refractivity contribution in [1.82, 2.24) is 0 Å². The molecule has 1 fully saturated rings. The maximum atomic E-state index is 4.94. The highest BCUT2D eigenvalue weighted by molar-refractivity contribution is 6.58. The largest absolute Gasteiger partial charge is 0.381 e. The van der Waals surface area contributed by atoms with Crippen molar-refractivity contribution in [1.29, 1.82) is 0 Å². The van der Waals surface area contributed by atoms with Crippen molar-refractivity contribution in [2.45, 2.75) is 91.1 Å². The van der Waals surface area contributed by atoms with Crippen molar-refractivity contribution >= 4 is 6.71 Å². The lowest BCUT2D eigenvalue weighted by molar-refractivity contribution is 0.198. The van der Waals surface area contributed by atoms with E-state index in [0.29, 0.717) is 0 Å². The smallest absolute Gasteiger partial charge is 0.139 e. The molecule has 0 N–H and O–H groups in total. The van der Waals surface area contributed by atoms with Crippen LogP contribution in [-0.2, 0) is 4.74 Å². The fourth-order valence-electron chi connectivity index (χ4n) is 2.42. The average molecular weight is 254 g/mol. The minimum Gasteiger partial charge on any atom is -0.381 e. The van der Waals surface area contributed by atoms with E-state index in [1.807, 2.05) is 0 Å². The second-order valence-corrected chi connectivity index (χ2v) is 5.61. The Balaban J connectivity index is 0.000000473. The minimum atomic E-state index is 1.00. The van der Waals surface area contributed by atoms with Crippen molar-refractivity contribution in [3.63, 3.8) is 0 Å². The Bertz CT molecular complexity index is 119. The van der Waals surface area contributed by atoms with Gasteiger partial charge in [0.05, 0.1) is 0 Å². The van der Waals surface area contributed by atoms with Crippen molar-refractivity contribution < 1.29 is 4.74 Å². The van der Waals surface area contributed by atoms with Crippen molar-refractivity contribution in [2.75, 3.05) is 13.2 Å². The average Bonchev–Trinajstić information content (AvgIpc) is 2.97. The first kappa shape index (κ1) is 18.0. The van der Waals surface area contributed by atoms with Crippen LogP contribution in [0.3, 0.4) is 0 Å². The molecule has 0 aromatic rings. The number of ether oxygens (including phenoxy) is 1. The van der Waals surface area contributed by atoms with Crippen molar-refractivity contribution in [3.05, 3.63) is 0 Å². The molecule has 1 saturated heterocycles. The van der Waals surface area contributed by atoms with Crippen LogP contribution in [0.25, 0.3) is 0 Å². The van der Waals surface area contributed by atoms with E-state index in [4.69, 9.17) is 4.74 Å². The summed E-state index contributed by atoms with van der Waals surface area (Å²) in [6.45, 7) is 9.95. The summed E-state index contributed by atoms with van der Waals surface area (Å²) in [6.07, 6.45) is 15.4. The Morgan fingerprint density at radius 2 is 1.11 bits per heavy atom. The van der Waals surface area contributed by atoms with Gasteiger partial charge in [-0.3, -0.25) is 0 Å². The van der Waals surface area contributed by atoms with Crippen molar-refractivity contribution in [2.24, 2.45) is 0 Å². The van der Waals surface area contributed by atoms with Gasteiger partial charge in [0.15, 0.2) is 0 Å². The van der Waals surface area contributed by atoms with Gasteiger partial charge in [0.25, 0.3) is 0 Å². The topological polar surface area (TPSA) is 9.23 Å². The van der Waals surface area contributed by atoms with Gasteiger partial charge in [0, 0.05) is 13.2 Å². The molecule has 0 unspecified atom stereocenters. The van der Waals surface area contributed by atoms with Gasteiger partial charge in [-0.2, -0.15) is 0 Å². The second kappa shape index (κ2) is 15.1. The zero-order valence-corrected chi connectivity index (χ0v) is 13.2. The summed E-state index contributed by atoms with van der Waals surface area (Å²) in [4.78, 5) is 0. The van der Waals surface area contributed by atoms with Crippen LogP contribution in [-0.4, -0.2) is 19.9 Å². The number of rotatable bonds is 9. The molecule has 0 spiro atoms. The second-order valence-electron chi connectivity index (χ2n) is 5.61. The predicted molar refractivity (Wildman–Crippen MR) is 85.0 cm³/mol. The van der Waals surface area contributed by atoms with Gasteiger partial charge < -0.3 is 4.74 Å². The van der Waals surface area contributed by atoms with Gasteiger partial charge in [0.1, 0.15) is 6.71 Å². The van der Waals surface area contributed by atoms with Gasteiger partial charge >= 0.3 is 0 Å². The van der Waals surface area contributed by atoms with Crippen LogP contribution in [0, 0.1) is 0 Å². The van der Waals surface area contributed by atoms with Gasteiger partial charge in [-0.05, 0) is 12.8 Å². The molecule has 1 aliphatic rings. The molecule has 0 bridgehead atoms. The summed E-state index contributed by atoms with van der Waals surface area (Å²) in [5.74, 6) is 0. The summed E-state index contributed by atoms with van der Waals surface area (Å²) in [6, 6.07) is 0. The Morgan fingerprint density at radius 1 is 0.722 bits per heavy atom. The van der Waals surface area contributed by atoms with E-state index in [1.54, 1.807) is 0 Å². The van der Waals surface area contributed by atoms with Gasteiger partial charge in [-0.15, -0.1) is 0 Å². The predicted octanol–water partition coefficient (Wildman–Crippen LogP) is 5.68. The molecule has 1 nitrogen and oxygen atoms in total. The highest BCUT2D eigenvalue weighted by Gasteiger charge is 2.10. The van der Waals surface area contributed by atoms with E-state index >= 15 is 0 Å². The first-order chi connectivity index (χ1) is 8.85. The number of hydrogen-bond acceptors (Lipinski definition) is 1. The van der Waals surface area contributed by atoms with Crippen LogP contribution in [0.2, 0.25) is 19.0 Å². The Labute approximate surface area is 116 Å². The van der Waals surface area contributed by atoms with Crippen LogP contribution in [0.1, 0.15) is 72.1 Å². The fourth-order valence-corrected chi connectivity index (χ4v) is 2.42. The molecule has 0 atom stereocenters. The summed E-state index contributed by atoms with van der Waals surface area (Å²) in [5.41, 5.74) is 0. The molecule has 108 valence electrons. The summed E-state index contributed by atoms with van der Waals surface area (Å²) in [7, 11) is 0. The summed E-state index contributed by atoms with van der Waals surface area (Å²) in [5, 5.41) is 0. The number of unbranched alkanes of at least 4 members (excludes halogenated alkanes) is 3. The fraction of sp³-hybridized carbons (Fsp3) is 1.00. The third-order valence-electron chi connectivity index (χ3n) is 3.73. The molecule has 0 aromatic carbocycles. The molecule has 1 heterocycles. The summed E-state index contributed by atoms with van der Waals surface area (Å²) < 4.78 is 4.94. The Hall–Kier alpha value is 0.0249. The maximum Gasteiger partial charge on any atom is 0.139 e. The van der Waals surface area contributed by atoms with Crippen LogP contribution in [0.4, 0.5) is 0 Å². The molecule has 0 radical (unpaired) electrons. The molecular formula is C16H35BO. The van der Waals surface area contributed by atoms with Crippen LogP contribution in [0.5, 0.6) is 0 Å². The molecule has 1 aliphatic heterocycles. The van der Waals surface area contributed by atoms with Crippen LogP contribution >= 0.6 is 0 Å². The first-order valence-corrected chi connectivity index (χ1v) is 8.42. The highest BCUT2D eigenvalue weighted by atomic mass is 16.5. The van der Waals surface area contributed by atoms with Gasteiger partial charge in [-0.1, -0.05) is 78.3 Å². The zero-order chi connectivity index (χ0) is 13.5. The third kappa shape index (κ3) is 12.5. The Kier molecular flexibility index (Phi) is 15.1. The normalized spacial score (nSPS) is 14.2. The lowest BCUT2D eigenvalue weighted by Gasteiger charge is -2.11. The molecule has 0 amide bonds. The molecule has 0 aromatic heterocycles. The Morgan fingerprint density at radius 3 is 1.33 bits per heavy atom. The van der Waals surface area contributed by atoms with E-state index < -0.39 is 0 Å². The van der Waals surface area contributed by atoms with Gasteiger partial charge in [-0.25, -0.2) is 0 Å². The third-order valence-corrected chi connectivity index (χ3v) is 3.73.